The number of furan rings is 1. The van der Waals surface area contributed by atoms with E-state index < -0.39 is 0 Å². The highest BCUT2D eigenvalue weighted by Gasteiger charge is 2.28. The second kappa shape index (κ2) is 9.47. The molecular weight excluding hydrogens is 522 g/mol. The number of para-hydroxylation sites is 2. The molecule has 1 aromatic heterocycles. The molecule has 2 nitrogen and oxygen atoms in total. The summed E-state index contributed by atoms with van der Waals surface area (Å²) in [7, 11) is 0. The molecule has 0 radical (unpaired) electrons. The molecule has 0 atom stereocenters. The smallest absolute Gasteiger partial charge is 0.140 e. The highest BCUT2D eigenvalue weighted by Crippen LogP contribution is 2.50. The highest BCUT2D eigenvalue weighted by atomic mass is 16.3. The summed E-state index contributed by atoms with van der Waals surface area (Å²) in [6.07, 6.45) is 0.836. The average molecular weight is 550 g/mol. The van der Waals surface area contributed by atoms with Gasteiger partial charge in [-0.15, -0.1) is 0 Å². The molecule has 43 heavy (non-hydrogen) atoms. The maximum absolute atomic E-state index is 6.80. The Kier molecular flexibility index (Phi) is 5.30. The number of hydrogen-bond donors (Lipinski definition) is 0. The van der Waals surface area contributed by atoms with E-state index in [1.165, 1.54) is 54.9 Å². The lowest BCUT2D eigenvalue weighted by atomic mass is 9.93. The van der Waals surface area contributed by atoms with Crippen LogP contribution in [0, 0.1) is 0 Å². The fourth-order valence-electron chi connectivity index (χ4n) is 6.96. The zero-order valence-corrected chi connectivity index (χ0v) is 23.5. The molecule has 0 amide bonds. The van der Waals surface area contributed by atoms with Gasteiger partial charge in [0.05, 0.1) is 0 Å². The number of fused-ring (bicyclic) bond motifs is 10. The molecule has 0 unspecified atom stereocenters. The molecule has 1 aliphatic rings. The van der Waals surface area contributed by atoms with E-state index in [1.807, 2.05) is 0 Å². The summed E-state index contributed by atoms with van der Waals surface area (Å²) in [6.45, 7) is 0. The van der Waals surface area contributed by atoms with Gasteiger partial charge in [-0.05, 0) is 87.1 Å². The third kappa shape index (κ3) is 3.73. The molecule has 0 saturated carbocycles. The van der Waals surface area contributed by atoms with Gasteiger partial charge in [-0.2, -0.15) is 0 Å². The minimum atomic E-state index is 0.836. The van der Waals surface area contributed by atoms with Crippen LogP contribution in [0.5, 0.6) is 0 Å². The van der Waals surface area contributed by atoms with Gasteiger partial charge in [0.15, 0.2) is 0 Å². The van der Waals surface area contributed by atoms with Crippen molar-refractivity contribution in [2.45, 2.75) is 6.42 Å². The van der Waals surface area contributed by atoms with Crippen LogP contribution >= 0.6 is 0 Å². The topological polar surface area (TPSA) is 16.4 Å². The van der Waals surface area contributed by atoms with Crippen LogP contribution in [-0.4, -0.2) is 0 Å². The van der Waals surface area contributed by atoms with E-state index in [0.717, 1.165) is 34.6 Å². The highest BCUT2D eigenvalue weighted by molar-refractivity contribution is 6.24. The Labute approximate surface area is 250 Å². The molecule has 0 N–H and O–H groups in total. The number of anilines is 3. The quantitative estimate of drug-likeness (QED) is 0.217. The second-order valence-electron chi connectivity index (χ2n) is 11.3. The van der Waals surface area contributed by atoms with Crippen molar-refractivity contribution >= 4 is 49.8 Å². The van der Waals surface area contributed by atoms with Crippen LogP contribution in [-0.2, 0) is 6.42 Å². The Morgan fingerprint density at radius 3 is 1.86 bits per heavy atom. The predicted molar refractivity (Wildman–Crippen MR) is 180 cm³/mol. The Morgan fingerprint density at radius 2 is 1.14 bits per heavy atom. The van der Waals surface area contributed by atoms with Gasteiger partial charge in [-0.1, -0.05) is 103 Å². The molecule has 0 aliphatic heterocycles. The lowest BCUT2D eigenvalue weighted by Crippen LogP contribution is -2.09. The van der Waals surface area contributed by atoms with Gasteiger partial charge in [0.1, 0.15) is 11.2 Å². The van der Waals surface area contributed by atoms with Crippen molar-refractivity contribution in [2.24, 2.45) is 0 Å². The third-order valence-electron chi connectivity index (χ3n) is 8.85. The van der Waals surface area contributed by atoms with Crippen molar-refractivity contribution in [3.05, 3.63) is 163 Å². The predicted octanol–water partition coefficient (Wildman–Crippen LogP) is 11.4. The van der Waals surface area contributed by atoms with Gasteiger partial charge >= 0.3 is 0 Å². The first kappa shape index (κ1) is 24.0. The number of benzene rings is 7. The van der Waals surface area contributed by atoms with E-state index in [1.54, 1.807) is 0 Å². The zero-order chi connectivity index (χ0) is 28.3. The van der Waals surface area contributed by atoms with E-state index in [9.17, 15) is 0 Å². The molecule has 8 aromatic rings. The maximum atomic E-state index is 6.80. The molecule has 7 aromatic carbocycles. The first-order valence-electron chi connectivity index (χ1n) is 14.8. The first-order chi connectivity index (χ1) is 21.3. The summed E-state index contributed by atoms with van der Waals surface area (Å²) in [4.78, 5) is 2.34. The third-order valence-corrected chi connectivity index (χ3v) is 8.85. The van der Waals surface area contributed by atoms with E-state index >= 15 is 0 Å². The molecule has 1 aliphatic carbocycles. The molecule has 0 fully saturated rings. The molecule has 0 saturated heterocycles. The summed E-state index contributed by atoms with van der Waals surface area (Å²) in [5, 5.41) is 4.92. The maximum Gasteiger partial charge on any atom is 0.140 e. The van der Waals surface area contributed by atoms with Crippen LogP contribution in [0.15, 0.2) is 156 Å². The number of hydrogen-bond acceptors (Lipinski definition) is 2. The summed E-state index contributed by atoms with van der Waals surface area (Å²) in [5.41, 5.74) is 13.0. The molecule has 0 spiro atoms. The Balaban J connectivity index is 1.25. The average Bonchev–Trinajstić information content (AvgIpc) is 3.65. The SMILES string of the molecule is c1ccc(-c2ccc3c(c2)oc2c4c(c5ccccc5c23)-c2ccc(N(c3ccccc3)c3ccccc3)cc2C4)cc1. The van der Waals surface area contributed by atoms with E-state index in [2.05, 4.69) is 157 Å². The summed E-state index contributed by atoms with van der Waals surface area (Å²) in [6, 6.07) is 54.2. The van der Waals surface area contributed by atoms with Crippen molar-refractivity contribution in [1.82, 2.24) is 0 Å². The van der Waals surface area contributed by atoms with Crippen LogP contribution in [0.1, 0.15) is 11.1 Å². The van der Waals surface area contributed by atoms with Gasteiger partial charge in [-0.25, -0.2) is 0 Å². The lowest BCUT2D eigenvalue weighted by molar-refractivity contribution is 0.665. The largest absolute Gasteiger partial charge is 0.456 e. The minimum Gasteiger partial charge on any atom is -0.456 e. The normalized spacial score (nSPS) is 12.1. The van der Waals surface area contributed by atoms with Gasteiger partial charge in [0.2, 0.25) is 0 Å². The first-order valence-corrected chi connectivity index (χ1v) is 14.8. The Bertz CT molecular complexity index is 2260. The van der Waals surface area contributed by atoms with Gasteiger partial charge < -0.3 is 9.32 Å². The van der Waals surface area contributed by atoms with Gasteiger partial charge in [0.25, 0.3) is 0 Å². The van der Waals surface area contributed by atoms with Crippen molar-refractivity contribution in [3.8, 4) is 22.3 Å². The van der Waals surface area contributed by atoms with Crippen LogP contribution in [0.25, 0.3) is 55.0 Å². The van der Waals surface area contributed by atoms with Gasteiger partial charge in [0, 0.05) is 39.8 Å². The Morgan fingerprint density at radius 1 is 0.488 bits per heavy atom. The lowest BCUT2D eigenvalue weighted by Gasteiger charge is -2.26. The van der Waals surface area contributed by atoms with E-state index in [4.69, 9.17) is 4.42 Å². The number of rotatable bonds is 4. The molecule has 1 heterocycles. The standard InChI is InChI=1S/C41H27NO/c1-4-12-27(13-5-1)28-20-22-36-38(26-28)43-41-37-25-29-24-32(42(30-14-6-2-7-15-30)31-16-8-3-9-17-31)21-23-33(29)39(37)34-18-10-11-19-35(34)40(36)41/h1-24,26H,25H2. The molecule has 9 rings (SSSR count). The minimum absolute atomic E-state index is 0.836. The molecular formula is C41H27NO. The van der Waals surface area contributed by atoms with E-state index in [0.29, 0.717) is 0 Å². The van der Waals surface area contributed by atoms with Crippen molar-refractivity contribution in [1.29, 1.82) is 0 Å². The summed E-state index contributed by atoms with van der Waals surface area (Å²) >= 11 is 0. The van der Waals surface area contributed by atoms with Crippen LogP contribution < -0.4 is 4.90 Å². The summed E-state index contributed by atoms with van der Waals surface area (Å²) < 4.78 is 6.80. The second-order valence-corrected chi connectivity index (χ2v) is 11.3. The van der Waals surface area contributed by atoms with Crippen molar-refractivity contribution in [3.63, 3.8) is 0 Å². The van der Waals surface area contributed by atoms with E-state index in [-0.39, 0.29) is 0 Å². The molecule has 2 heteroatoms. The van der Waals surface area contributed by atoms with Gasteiger partial charge in [-0.3, -0.25) is 0 Å². The van der Waals surface area contributed by atoms with Crippen LogP contribution in [0.3, 0.4) is 0 Å². The van der Waals surface area contributed by atoms with Crippen LogP contribution in [0.4, 0.5) is 17.1 Å². The van der Waals surface area contributed by atoms with Crippen molar-refractivity contribution < 1.29 is 4.42 Å². The monoisotopic (exact) mass is 549 g/mol. The number of nitrogens with zero attached hydrogens (tertiary/aromatic N) is 1. The van der Waals surface area contributed by atoms with Crippen molar-refractivity contribution in [2.75, 3.05) is 4.90 Å². The molecule has 0 bridgehead atoms. The summed E-state index contributed by atoms with van der Waals surface area (Å²) in [5.74, 6) is 0. The zero-order valence-electron chi connectivity index (χ0n) is 23.5. The fourth-order valence-corrected chi connectivity index (χ4v) is 6.96. The van der Waals surface area contributed by atoms with Crippen LogP contribution in [0.2, 0.25) is 0 Å². The Hall–Kier alpha value is -5.60. The molecule has 202 valence electrons. The fraction of sp³-hybridized carbons (Fsp3) is 0.0244.